The first-order chi connectivity index (χ1) is 9.63. The number of nitrogens with zero attached hydrogens (tertiary/aromatic N) is 1. The fourth-order valence-corrected chi connectivity index (χ4v) is 2.47. The van der Waals surface area contributed by atoms with Crippen LogP contribution in [0.2, 0.25) is 0 Å². The summed E-state index contributed by atoms with van der Waals surface area (Å²) in [7, 11) is 0. The molecule has 118 valence electrons. The molecule has 0 aromatic heterocycles. The highest BCUT2D eigenvalue weighted by Crippen LogP contribution is 2.15. The van der Waals surface area contributed by atoms with Gasteiger partial charge >= 0.3 is 0 Å². The van der Waals surface area contributed by atoms with E-state index in [1.54, 1.807) is 0 Å². The highest BCUT2D eigenvalue weighted by atomic mass is 16.2. The molecule has 0 aliphatic carbocycles. The van der Waals surface area contributed by atoms with E-state index in [0.29, 0.717) is 6.04 Å². The van der Waals surface area contributed by atoms with Gasteiger partial charge in [-0.1, -0.05) is 33.6 Å². The van der Waals surface area contributed by atoms with Crippen LogP contribution < -0.4 is 10.6 Å². The van der Waals surface area contributed by atoms with E-state index in [-0.39, 0.29) is 11.8 Å². The van der Waals surface area contributed by atoms with E-state index in [0.717, 1.165) is 39.1 Å². The lowest BCUT2D eigenvalue weighted by molar-refractivity contribution is -0.130. The molecule has 0 radical (unpaired) electrons. The Morgan fingerprint density at radius 2 is 1.85 bits per heavy atom. The molecule has 0 atom stereocenters. The van der Waals surface area contributed by atoms with Gasteiger partial charge in [-0.05, 0) is 32.4 Å². The lowest BCUT2D eigenvalue weighted by Gasteiger charge is -2.38. The number of carbonyl (C=O) groups excluding carboxylic acids is 1. The predicted molar refractivity (Wildman–Crippen MR) is 84.8 cm³/mol. The molecular weight excluding hydrogens is 250 g/mol. The summed E-state index contributed by atoms with van der Waals surface area (Å²) in [5.41, 5.74) is 0. The van der Waals surface area contributed by atoms with E-state index in [4.69, 9.17) is 0 Å². The molecule has 0 unspecified atom stereocenters. The van der Waals surface area contributed by atoms with Crippen LogP contribution in [0.5, 0.6) is 0 Å². The molecule has 1 saturated heterocycles. The molecule has 1 amide bonds. The molecule has 0 aromatic carbocycles. The van der Waals surface area contributed by atoms with Crippen molar-refractivity contribution in [2.75, 3.05) is 32.7 Å². The smallest absolute Gasteiger partial charge is 0.225 e. The Morgan fingerprint density at radius 3 is 2.50 bits per heavy atom. The first-order valence-corrected chi connectivity index (χ1v) is 8.37. The quantitative estimate of drug-likeness (QED) is 0.570. The van der Waals surface area contributed by atoms with Gasteiger partial charge in [0.05, 0.1) is 5.92 Å². The average molecular weight is 283 g/mol. The third-order valence-electron chi connectivity index (χ3n) is 3.86. The number of hydrogen-bond donors (Lipinski definition) is 2. The Labute approximate surface area is 124 Å². The lowest BCUT2D eigenvalue weighted by Crippen LogP contribution is -2.53. The number of likely N-dealkylation sites (tertiary alicyclic amines) is 1. The van der Waals surface area contributed by atoms with Gasteiger partial charge in [0.1, 0.15) is 0 Å². The molecule has 0 bridgehead atoms. The van der Waals surface area contributed by atoms with E-state index < -0.39 is 0 Å². The van der Waals surface area contributed by atoms with E-state index >= 15 is 0 Å². The zero-order chi connectivity index (χ0) is 14.8. The normalized spacial score (nSPS) is 16.4. The Balaban J connectivity index is 1.89. The Morgan fingerprint density at radius 1 is 1.15 bits per heavy atom. The summed E-state index contributed by atoms with van der Waals surface area (Å²) >= 11 is 0. The van der Waals surface area contributed by atoms with Crippen molar-refractivity contribution in [3.63, 3.8) is 0 Å². The molecule has 20 heavy (non-hydrogen) atoms. The number of rotatable bonds is 11. The van der Waals surface area contributed by atoms with E-state index in [9.17, 15) is 4.79 Å². The van der Waals surface area contributed by atoms with Crippen LogP contribution in [0, 0.1) is 5.92 Å². The highest BCUT2D eigenvalue weighted by Gasteiger charge is 2.31. The molecule has 1 heterocycles. The van der Waals surface area contributed by atoms with Gasteiger partial charge in [-0.25, -0.2) is 0 Å². The Hall–Kier alpha value is -0.610. The van der Waals surface area contributed by atoms with Crippen molar-refractivity contribution in [2.45, 2.75) is 58.9 Å². The third-order valence-corrected chi connectivity index (χ3v) is 3.86. The highest BCUT2D eigenvalue weighted by molar-refractivity contribution is 5.79. The molecule has 1 rings (SSSR count). The molecule has 2 N–H and O–H groups in total. The molecule has 0 spiro atoms. The largest absolute Gasteiger partial charge is 0.356 e. The van der Waals surface area contributed by atoms with Gasteiger partial charge in [-0.2, -0.15) is 0 Å². The zero-order valence-corrected chi connectivity index (χ0v) is 13.6. The molecule has 1 fully saturated rings. The number of hydrogen-bond acceptors (Lipinski definition) is 3. The molecular formula is C16H33N3O. The van der Waals surface area contributed by atoms with Crippen LogP contribution in [-0.2, 0) is 4.79 Å². The van der Waals surface area contributed by atoms with Crippen LogP contribution in [0.1, 0.15) is 52.9 Å². The van der Waals surface area contributed by atoms with Crippen LogP contribution in [0.15, 0.2) is 0 Å². The molecule has 1 aliphatic heterocycles. The van der Waals surface area contributed by atoms with Gasteiger partial charge in [-0.15, -0.1) is 0 Å². The van der Waals surface area contributed by atoms with E-state index in [1.807, 2.05) is 0 Å². The fourth-order valence-electron chi connectivity index (χ4n) is 2.47. The van der Waals surface area contributed by atoms with Crippen molar-refractivity contribution in [1.82, 2.24) is 15.5 Å². The minimum absolute atomic E-state index is 0.245. The fraction of sp³-hybridized carbons (Fsp3) is 0.938. The summed E-state index contributed by atoms with van der Waals surface area (Å²) < 4.78 is 0. The molecule has 4 heteroatoms. The van der Waals surface area contributed by atoms with Gasteiger partial charge in [0, 0.05) is 25.7 Å². The molecule has 0 saturated carbocycles. The molecule has 1 aliphatic rings. The number of amides is 1. The summed E-state index contributed by atoms with van der Waals surface area (Å²) in [5, 5.41) is 6.49. The molecule has 0 aromatic rings. The topological polar surface area (TPSA) is 44.4 Å². The lowest BCUT2D eigenvalue weighted by atomic mass is 9.98. The van der Waals surface area contributed by atoms with E-state index in [1.165, 1.54) is 25.7 Å². The van der Waals surface area contributed by atoms with Gasteiger partial charge in [0.25, 0.3) is 0 Å². The van der Waals surface area contributed by atoms with Gasteiger partial charge in [-0.3, -0.25) is 4.79 Å². The van der Waals surface area contributed by atoms with Crippen molar-refractivity contribution in [3.8, 4) is 0 Å². The van der Waals surface area contributed by atoms with Crippen LogP contribution in [0.3, 0.4) is 0 Å². The first-order valence-electron chi connectivity index (χ1n) is 8.37. The predicted octanol–water partition coefficient (Wildman–Crippen LogP) is 2.00. The summed E-state index contributed by atoms with van der Waals surface area (Å²) in [4.78, 5) is 14.3. The van der Waals surface area contributed by atoms with Crippen molar-refractivity contribution in [2.24, 2.45) is 5.92 Å². The Bertz CT molecular complexity index is 262. The van der Waals surface area contributed by atoms with Crippen LogP contribution >= 0.6 is 0 Å². The van der Waals surface area contributed by atoms with Crippen molar-refractivity contribution < 1.29 is 4.79 Å². The van der Waals surface area contributed by atoms with Crippen LogP contribution in [0.25, 0.3) is 0 Å². The van der Waals surface area contributed by atoms with E-state index in [2.05, 4.69) is 36.3 Å². The maximum Gasteiger partial charge on any atom is 0.225 e. The Kier molecular flexibility index (Phi) is 8.86. The van der Waals surface area contributed by atoms with Gasteiger partial charge in [0.2, 0.25) is 5.91 Å². The molecule has 4 nitrogen and oxygen atoms in total. The minimum atomic E-state index is 0.245. The zero-order valence-electron chi connectivity index (χ0n) is 13.6. The number of unbranched alkanes of at least 4 members (excludes halogenated alkanes) is 3. The van der Waals surface area contributed by atoms with Crippen LogP contribution in [-0.4, -0.2) is 49.6 Å². The number of carbonyl (C=O) groups is 1. The summed E-state index contributed by atoms with van der Waals surface area (Å²) in [6.45, 7) is 11.6. The summed E-state index contributed by atoms with van der Waals surface area (Å²) in [6, 6.07) is 0.573. The third kappa shape index (κ3) is 7.25. The SMILES string of the molecule is CCCCN1CC(C(=O)NCCCCCNC(C)C)C1. The maximum absolute atomic E-state index is 11.9. The standard InChI is InChI=1S/C16H33N3O/c1-4-5-11-19-12-15(13-19)16(20)18-10-8-6-7-9-17-14(2)3/h14-15,17H,4-13H2,1-3H3,(H,18,20). The maximum atomic E-state index is 11.9. The van der Waals surface area contributed by atoms with Crippen LogP contribution in [0.4, 0.5) is 0 Å². The monoisotopic (exact) mass is 283 g/mol. The summed E-state index contributed by atoms with van der Waals surface area (Å²) in [5.74, 6) is 0.507. The second-order valence-corrected chi connectivity index (χ2v) is 6.27. The van der Waals surface area contributed by atoms with Gasteiger partial charge in [0.15, 0.2) is 0 Å². The van der Waals surface area contributed by atoms with Crippen molar-refractivity contribution in [1.29, 1.82) is 0 Å². The number of nitrogens with one attached hydrogen (secondary N) is 2. The average Bonchev–Trinajstić information content (AvgIpc) is 2.35. The van der Waals surface area contributed by atoms with Gasteiger partial charge < -0.3 is 15.5 Å². The first kappa shape index (κ1) is 17.4. The second kappa shape index (κ2) is 10.2. The second-order valence-electron chi connectivity index (χ2n) is 6.27. The minimum Gasteiger partial charge on any atom is -0.356 e. The summed E-state index contributed by atoms with van der Waals surface area (Å²) in [6.07, 6.45) is 5.96. The van der Waals surface area contributed by atoms with Crippen molar-refractivity contribution >= 4 is 5.91 Å². The van der Waals surface area contributed by atoms with Crippen molar-refractivity contribution in [3.05, 3.63) is 0 Å².